The van der Waals surface area contributed by atoms with E-state index in [0.717, 1.165) is 16.6 Å². The van der Waals surface area contributed by atoms with Gasteiger partial charge in [0.05, 0.1) is 23.9 Å². The number of carbonyl (C=O) groups excluding carboxylic acids is 1. The highest BCUT2D eigenvalue weighted by Gasteiger charge is 2.12. The molecule has 1 N–H and O–H groups in total. The van der Waals surface area contributed by atoms with E-state index in [1.165, 1.54) is 0 Å². The van der Waals surface area contributed by atoms with Crippen LogP contribution in [0.15, 0.2) is 59.4 Å². The van der Waals surface area contributed by atoms with Gasteiger partial charge in [0.25, 0.3) is 5.91 Å². The quantitative estimate of drug-likeness (QED) is 0.620. The highest BCUT2D eigenvalue weighted by molar-refractivity contribution is 5.94. The summed E-state index contributed by atoms with van der Waals surface area (Å²) in [6.07, 6.45) is 1.76. The van der Waals surface area contributed by atoms with Crippen LogP contribution in [-0.2, 0) is 13.6 Å². The molecule has 4 rings (SSSR count). The Morgan fingerprint density at radius 2 is 2.04 bits per heavy atom. The predicted molar refractivity (Wildman–Crippen MR) is 91.6 cm³/mol. The van der Waals surface area contributed by atoms with Crippen molar-refractivity contribution in [2.75, 3.05) is 0 Å². The number of hydrogen-bond donors (Lipinski definition) is 1. The number of imidazole rings is 1. The largest absolute Gasteiger partial charge is 0.343 e. The molecule has 0 unspecified atom stereocenters. The fourth-order valence-electron chi connectivity index (χ4n) is 2.56. The van der Waals surface area contributed by atoms with Gasteiger partial charge < -0.3 is 14.4 Å². The van der Waals surface area contributed by atoms with E-state index in [4.69, 9.17) is 4.52 Å². The van der Waals surface area contributed by atoms with Crippen LogP contribution in [0.2, 0.25) is 0 Å². The summed E-state index contributed by atoms with van der Waals surface area (Å²) in [6.45, 7) is 0.175. The van der Waals surface area contributed by atoms with Crippen molar-refractivity contribution in [1.82, 2.24) is 25.0 Å². The first kappa shape index (κ1) is 15.1. The first-order valence-corrected chi connectivity index (χ1v) is 7.78. The Kier molecular flexibility index (Phi) is 3.74. The summed E-state index contributed by atoms with van der Waals surface area (Å²) >= 11 is 0. The number of fused-ring (bicyclic) bond motifs is 1. The Balaban J connectivity index is 1.49. The molecule has 0 atom stereocenters. The van der Waals surface area contributed by atoms with Crippen LogP contribution in [0, 0.1) is 0 Å². The summed E-state index contributed by atoms with van der Waals surface area (Å²) in [7, 11) is 1.93. The van der Waals surface area contributed by atoms with Crippen LogP contribution in [0.3, 0.4) is 0 Å². The summed E-state index contributed by atoms with van der Waals surface area (Å²) in [5, 5.41) is 6.76. The van der Waals surface area contributed by atoms with Crippen molar-refractivity contribution in [3.63, 3.8) is 0 Å². The van der Waals surface area contributed by atoms with Gasteiger partial charge in [0, 0.05) is 18.2 Å². The van der Waals surface area contributed by atoms with Crippen molar-refractivity contribution in [2.45, 2.75) is 6.54 Å². The minimum atomic E-state index is -0.184. The lowest BCUT2D eigenvalue weighted by atomic mass is 10.2. The second-order valence-corrected chi connectivity index (χ2v) is 5.62. The number of rotatable bonds is 4. The fraction of sp³-hybridized carbons (Fsp3) is 0.111. The zero-order valence-corrected chi connectivity index (χ0v) is 13.5. The highest BCUT2D eigenvalue weighted by atomic mass is 16.5. The number of aromatic nitrogens is 4. The number of nitrogens with one attached hydrogen (secondary N) is 1. The number of carbonyl (C=O) groups is 1. The molecule has 2 aromatic carbocycles. The molecule has 1 amide bonds. The lowest BCUT2D eigenvalue weighted by molar-refractivity contribution is 0.0946. The molecule has 25 heavy (non-hydrogen) atoms. The van der Waals surface area contributed by atoms with Crippen LogP contribution in [0.1, 0.15) is 16.2 Å². The van der Waals surface area contributed by atoms with E-state index < -0.39 is 0 Å². The number of hydrogen-bond acceptors (Lipinski definition) is 5. The lowest BCUT2D eigenvalue weighted by Crippen LogP contribution is -2.22. The van der Waals surface area contributed by atoms with E-state index in [-0.39, 0.29) is 12.5 Å². The molecule has 0 aliphatic heterocycles. The van der Waals surface area contributed by atoms with Gasteiger partial charge in [0.15, 0.2) is 0 Å². The number of amides is 1. The van der Waals surface area contributed by atoms with Gasteiger partial charge in [-0.2, -0.15) is 4.98 Å². The molecule has 7 heteroatoms. The van der Waals surface area contributed by atoms with Gasteiger partial charge in [-0.05, 0) is 30.3 Å². The van der Waals surface area contributed by atoms with Gasteiger partial charge in [-0.25, -0.2) is 4.98 Å². The highest BCUT2D eigenvalue weighted by Crippen LogP contribution is 2.21. The smallest absolute Gasteiger partial charge is 0.251 e. The first-order valence-electron chi connectivity index (χ1n) is 7.78. The topological polar surface area (TPSA) is 85.8 Å². The molecule has 0 saturated carbocycles. The van der Waals surface area contributed by atoms with E-state index in [1.54, 1.807) is 18.5 Å². The maximum absolute atomic E-state index is 12.0. The monoisotopic (exact) mass is 333 g/mol. The molecule has 124 valence electrons. The summed E-state index contributed by atoms with van der Waals surface area (Å²) in [5.41, 5.74) is 3.32. The maximum atomic E-state index is 12.0. The van der Waals surface area contributed by atoms with Gasteiger partial charge in [-0.1, -0.05) is 23.4 Å². The number of aryl methyl sites for hydroxylation is 1. The molecule has 0 aliphatic carbocycles. The van der Waals surface area contributed by atoms with Crippen LogP contribution in [0.25, 0.3) is 22.4 Å². The Hall–Kier alpha value is -3.48. The molecule has 0 fully saturated rings. The van der Waals surface area contributed by atoms with Crippen LogP contribution < -0.4 is 5.32 Å². The third-order valence-electron chi connectivity index (χ3n) is 3.89. The standard InChI is InChI=1S/C18H15N5O2/c1-23-11-20-14-8-7-13(9-15(14)23)17-21-16(25-22-17)10-19-18(24)12-5-3-2-4-6-12/h2-9,11H,10H2,1H3,(H,19,24). The zero-order valence-electron chi connectivity index (χ0n) is 13.5. The molecule has 0 radical (unpaired) electrons. The van der Waals surface area contributed by atoms with Crippen molar-refractivity contribution in [2.24, 2.45) is 7.05 Å². The SMILES string of the molecule is Cn1cnc2ccc(-c3noc(CNC(=O)c4ccccc4)n3)cc21. The Labute approximate surface area is 143 Å². The third-order valence-corrected chi connectivity index (χ3v) is 3.89. The summed E-state index contributed by atoms with van der Waals surface area (Å²) in [4.78, 5) is 20.7. The van der Waals surface area contributed by atoms with Crippen LogP contribution in [0.5, 0.6) is 0 Å². The van der Waals surface area contributed by atoms with Crippen molar-refractivity contribution < 1.29 is 9.32 Å². The molecule has 2 aromatic heterocycles. The molecule has 7 nitrogen and oxygen atoms in total. The molecule has 0 aliphatic rings. The maximum Gasteiger partial charge on any atom is 0.251 e. The Bertz CT molecular complexity index is 1040. The molecule has 2 heterocycles. The van der Waals surface area contributed by atoms with Crippen molar-refractivity contribution in [3.8, 4) is 11.4 Å². The van der Waals surface area contributed by atoms with E-state index in [1.807, 2.05) is 48.0 Å². The minimum absolute atomic E-state index is 0.175. The summed E-state index contributed by atoms with van der Waals surface area (Å²) in [5.74, 6) is 0.646. The van der Waals surface area contributed by atoms with E-state index in [0.29, 0.717) is 17.3 Å². The van der Waals surface area contributed by atoms with Gasteiger partial charge in [-0.3, -0.25) is 4.79 Å². The van der Waals surface area contributed by atoms with E-state index in [2.05, 4.69) is 20.4 Å². The number of nitrogens with zero attached hydrogens (tertiary/aromatic N) is 4. The lowest BCUT2D eigenvalue weighted by Gasteiger charge is -2.01. The third kappa shape index (κ3) is 2.99. The molecule has 0 saturated heterocycles. The second kappa shape index (κ2) is 6.20. The van der Waals surface area contributed by atoms with Gasteiger partial charge in [-0.15, -0.1) is 0 Å². The minimum Gasteiger partial charge on any atom is -0.343 e. The second-order valence-electron chi connectivity index (χ2n) is 5.62. The first-order chi connectivity index (χ1) is 12.2. The van der Waals surface area contributed by atoms with Crippen molar-refractivity contribution in [1.29, 1.82) is 0 Å². The van der Waals surface area contributed by atoms with Gasteiger partial charge in [0.1, 0.15) is 0 Å². The summed E-state index contributed by atoms with van der Waals surface area (Å²) < 4.78 is 7.16. The Morgan fingerprint density at radius 1 is 1.20 bits per heavy atom. The zero-order chi connectivity index (χ0) is 17.2. The van der Waals surface area contributed by atoms with Crippen LogP contribution in [-0.4, -0.2) is 25.6 Å². The molecular weight excluding hydrogens is 318 g/mol. The van der Waals surface area contributed by atoms with E-state index in [9.17, 15) is 4.79 Å². The van der Waals surface area contributed by atoms with Gasteiger partial charge in [0.2, 0.25) is 11.7 Å². The fourth-order valence-corrected chi connectivity index (χ4v) is 2.56. The summed E-state index contributed by atoms with van der Waals surface area (Å²) in [6, 6.07) is 14.8. The van der Waals surface area contributed by atoms with Crippen LogP contribution in [0.4, 0.5) is 0 Å². The predicted octanol–water partition coefficient (Wildman–Crippen LogP) is 2.55. The average molecular weight is 333 g/mol. The Morgan fingerprint density at radius 3 is 2.88 bits per heavy atom. The van der Waals surface area contributed by atoms with Crippen LogP contribution >= 0.6 is 0 Å². The normalized spacial score (nSPS) is 10.9. The molecule has 0 spiro atoms. The van der Waals surface area contributed by atoms with Gasteiger partial charge >= 0.3 is 0 Å². The average Bonchev–Trinajstić information content (AvgIpc) is 3.27. The van der Waals surface area contributed by atoms with Crippen molar-refractivity contribution in [3.05, 3.63) is 66.3 Å². The van der Waals surface area contributed by atoms with Crippen molar-refractivity contribution >= 4 is 16.9 Å². The number of benzene rings is 2. The van der Waals surface area contributed by atoms with E-state index >= 15 is 0 Å². The molecular formula is C18H15N5O2. The molecule has 0 bridgehead atoms. The molecule has 4 aromatic rings.